The third-order valence-electron chi connectivity index (χ3n) is 4.24. The number of rotatable bonds is 5. The number of hydrogen-bond donors (Lipinski definition) is 1. The van der Waals surface area contributed by atoms with E-state index in [1.54, 1.807) is 0 Å². The van der Waals surface area contributed by atoms with Gasteiger partial charge in [-0.15, -0.1) is 0 Å². The van der Waals surface area contributed by atoms with Crippen LogP contribution in [0.25, 0.3) is 16.5 Å². The van der Waals surface area contributed by atoms with Crippen LogP contribution >= 0.6 is 0 Å². The summed E-state index contributed by atoms with van der Waals surface area (Å²) in [5.41, 5.74) is 6.14. The Morgan fingerprint density at radius 3 is 2.23 bits per heavy atom. The number of aromatic amines is 1. The van der Waals surface area contributed by atoms with E-state index in [0.29, 0.717) is 0 Å². The fourth-order valence-electron chi connectivity index (χ4n) is 2.58. The van der Waals surface area contributed by atoms with E-state index in [4.69, 9.17) is 0 Å². The van der Waals surface area contributed by atoms with E-state index in [-0.39, 0.29) is 0 Å². The summed E-state index contributed by atoms with van der Waals surface area (Å²) < 4.78 is 0. The van der Waals surface area contributed by atoms with Crippen LogP contribution in [0.15, 0.2) is 24.8 Å². The van der Waals surface area contributed by atoms with Crippen molar-refractivity contribution in [1.82, 2.24) is 9.88 Å². The molecular weight excluding hydrogens is 268 g/mol. The van der Waals surface area contributed by atoms with E-state index in [2.05, 4.69) is 69.3 Å². The van der Waals surface area contributed by atoms with Crippen molar-refractivity contribution >= 4 is 16.5 Å². The fraction of sp³-hybridized carbons (Fsp3) is 0.500. The van der Waals surface area contributed by atoms with Crippen molar-refractivity contribution in [2.24, 2.45) is 0 Å². The topological polar surface area (TPSA) is 19.0 Å². The number of aryl methyl sites for hydroxylation is 2. The van der Waals surface area contributed by atoms with E-state index in [0.717, 1.165) is 5.57 Å². The minimum absolute atomic E-state index is 1.12. The maximum absolute atomic E-state index is 3.96. The zero-order valence-electron chi connectivity index (χ0n) is 15.2. The summed E-state index contributed by atoms with van der Waals surface area (Å²) >= 11 is 0. The van der Waals surface area contributed by atoms with E-state index in [1.807, 2.05) is 6.92 Å². The number of nitrogens with one attached hydrogen (secondary N) is 1. The number of allylic oxidation sites excluding steroid dienone is 1. The molecule has 0 unspecified atom stereocenters. The first-order chi connectivity index (χ1) is 10.4. The summed E-state index contributed by atoms with van der Waals surface area (Å²) in [5, 5.41) is 1.31. The molecule has 1 aromatic carbocycles. The molecule has 0 aliphatic rings. The molecule has 0 amide bonds. The molecule has 0 saturated heterocycles. The predicted octanol–water partition coefficient (Wildman–Crippen LogP) is 5.56. The van der Waals surface area contributed by atoms with Crippen molar-refractivity contribution in [2.75, 3.05) is 19.6 Å². The second-order valence-electron chi connectivity index (χ2n) is 5.94. The molecule has 0 bridgehead atoms. The van der Waals surface area contributed by atoms with E-state index < -0.39 is 0 Å². The molecule has 2 heteroatoms. The molecule has 2 nitrogen and oxygen atoms in total. The molecule has 122 valence electrons. The lowest BCUT2D eigenvalue weighted by molar-refractivity contribution is 0.304. The summed E-state index contributed by atoms with van der Waals surface area (Å²) in [4.78, 5) is 5.79. The maximum Gasteiger partial charge on any atom is 0.0459 e. The Kier molecular flexibility index (Phi) is 7.40. The van der Waals surface area contributed by atoms with E-state index in [1.165, 1.54) is 53.8 Å². The van der Waals surface area contributed by atoms with Gasteiger partial charge in [0.15, 0.2) is 0 Å². The van der Waals surface area contributed by atoms with Gasteiger partial charge in [0, 0.05) is 16.6 Å². The van der Waals surface area contributed by atoms with E-state index >= 15 is 0 Å². The van der Waals surface area contributed by atoms with Crippen LogP contribution in [0, 0.1) is 13.8 Å². The number of aromatic nitrogens is 1. The predicted molar refractivity (Wildman–Crippen MR) is 101 cm³/mol. The molecule has 0 spiro atoms. The Hall–Kier alpha value is -1.54. The van der Waals surface area contributed by atoms with Gasteiger partial charge in [0.05, 0.1) is 0 Å². The number of H-pyrrole nitrogens is 1. The third kappa shape index (κ3) is 4.74. The van der Waals surface area contributed by atoms with E-state index in [9.17, 15) is 0 Å². The molecule has 0 radical (unpaired) electrons. The second kappa shape index (κ2) is 8.79. The minimum atomic E-state index is 1.12. The van der Waals surface area contributed by atoms with Gasteiger partial charge in [-0.3, -0.25) is 0 Å². The summed E-state index contributed by atoms with van der Waals surface area (Å²) in [6.07, 6.45) is 1.28. The highest BCUT2D eigenvalue weighted by Gasteiger charge is 2.04. The fourth-order valence-corrected chi connectivity index (χ4v) is 2.58. The average molecular weight is 300 g/mol. The van der Waals surface area contributed by atoms with Crippen LogP contribution in [0.5, 0.6) is 0 Å². The first-order valence-corrected chi connectivity index (χ1v) is 8.41. The number of hydrogen-bond acceptors (Lipinski definition) is 1. The molecule has 22 heavy (non-hydrogen) atoms. The van der Waals surface area contributed by atoms with Gasteiger partial charge in [-0.25, -0.2) is 0 Å². The average Bonchev–Trinajstić information content (AvgIpc) is 2.80. The number of benzene rings is 1. The molecule has 0 saturated carbocycles. The summed E-state index contributed by atoms with van der Waals surface area (Å²) in [5.74, 6) is 0. The Labute approximate surface area is 136 Å². The molecule has 0 aliphatic carbocycles. The van der Waals surface area contributed by atoms with Crippen molar-refractivity contribution in [3.63, 3.8) is 0 Å². The van der Waals surface area contributed by atoms with Gasteiger partial charge < -0.3 is 9.88 Å². The second-order valence-corrected chi connectivity index (χ2v) is 5.94. The van der Waals surface area contributed by atoms with Gasteiger partial charge in [0.25, 0.3) is 0 Å². The first-order valence-electron chi connectivity index (χ1n) is 8.41. The van der Waals surface area contributed by atoms with Gasteiger partial charge in [0.2, 0.25) is 0 Å². The summed E-state index contributed by atoms with van der Waals surface area (Å²) in [7, 11) is 0. The summed E-state index contributed by atoms with van der Waals surface area (Å²) in [6.45, 7) is 20.5. The zero-order chi connectivity index (χ0) is 16.7. The molecule has 1 aromatic heterocycles. The molecule has 2 rings (SSSR count). The summed E-state index contributed by atoms with van der Waals surface area (Å²) in [6, 6.07) is 6.44. The van der Waals surface area contributed by atoms with Crippen LogP contribution in [0.2, 0.25) is 0 Å². The quantitative estimate of drug-likeness (QED) is 0.766. The Balaban J connectivity index is 0.000000261. The molecule has 0 atom stereocenters. The zero-order valence-corrected chi connectivity index (χ0v) is 15.2. The van der Waals surface area contributed by atoms with Gasteiger partial charge in [-0.2, -0.15) is 0 Å². The lowest BCUT2D eigenvalue weighted by Crippen LogP contribution is -2.23. The Bertz CT molecular complexity index is 603. The van der Waals surface area contributed by atoms with Crippen molar-refractivity contribution in [2.45, 2.75) is 48.0 Å². The van der Waals surface area contributed by atoms with Gasteiger partial charge in [-0.05, 0) is 70.1 Å². The third-order valence-corrected chi connectivity index (χ3v) is 4.24. The van der Waals surface area contributed by atoms with Crippen LogP contribution in [0.3, 0.4) is 0 Å². The maximum atomic E-state index is 3.96. The highest BCUT2D eigenvalue weighted by molar-refractivity contribution is 5.87. The van der Waals surface area contributed by atoms with Gasteiger partial charge in [0.1, 0.15) is 0 Å². The highest BCUT2D eigenvalue weighted by Crippen LogP contribution is 2.24. The molecule has 1 heterocycles. The lowest BCUT2D eigenvalue weighted by atomic mass is 10.0. The standard InChI is InChI=1S/C13H15N.C7H17N/c1-8(2)11-5-6-13-12(7-11)9(3)10(4)14-13;1-4-7-8(5-2)6-3/h5-7,14H,1H2,2-4H3;4-7H2,1-3H3. The monoisotopic (exact) mass is 300 g/mol. The van der Waals surface area contributed by atoms with Crippen LogP contribution < -0.4 is 0 Å². The Morgan fingerprint density at radius 2 is 1.77 bits per heavy atom. The molecular formula is C20H32N2. The van der Waals surface area contributed by atoms with Crippen LogP contribution in [0.4, 0.5) is 0 Å². The lowest BCUT2D eigenvalue weighted by Gasteiger charge is -2.15. The molecule has 2 aromatic rings. The normalized spacial score (nSPS) is 10.7. The van der Waals surface area contributed by atoms with Gasteiger partial charge >= 0.3 is 0 Å². The van der Waals surface area contributed by atoms with Gasteiger partial charge in [-0.1, -0.05) is 39.0 Å². The highest BCUT2D eigenvalue weighted by atomic mass is 15.1. The van der Waals surface area contributed by atoms with Crippen molar-refractivity contribution in [1.29, 1.82) is 0 Å². The number of fused-ring (bicyclic) bond motifs is 1. The van der Waals surface area contributed by atoms with Crippen LogP contribution in [0.1, 0.15) is 50.9 Å². The smallest absolute Gasteiger partial charge is 0.0459 e. The largest absolute Gasteiger partial charge is 0.358 e. The first kappa shape index (κ1) is 18.5. The number of nitrogens with zero attached hydrogens (tertiary/aromatic N) is 1. The van der Waals surface area contributed by atoms with Crippen molar-refractivity contribution in [3.8, 4) is 0 Å². The molecule has 0 aliphatic heterocycles. The van der Waals surface area contributed by atoms with Crippen LogP contribution in [-0.2, 0) is 0 Å². The SMILES string of the molecule is C=C(C)c1ccc2[nH]c(C)c(C)c2c1.CCCN(CC)CC. The molecule has 0 fully saturated rings. The van der Waals surface area contributed by atoms with Crippen LogP contribution in [-0.4, -0.2) is 29.5 Å². The minimum Gasteiger partial charge on any atom is -0.358 e. The van der Waals surface area contributed by atoms with Crippen molar-refractivity contribution in [3.05, 3.63) is 41.6 Å². The molecule has 1 N–H and O–H groups in total. The Morgan fingerprint density at radius 1 is 1.14 bits per heavy atom. The van der Waals surface area contributed by atoms with Crippen molar-refractivity contribution < 1.29 is 0 Å².